The lowest BCUT2D eigenvalue weighted by Crippen LogP contribution is -2.56. The largest absolute Gasteiger partial charge is 0.325 e. The van der Waals surface area contributed by atoms with Gasteiger partial charge in [0.25, 0.3) is 0 Å². The lowest BCUT2D eigenvalue weighted by Gasteiger charge is -2.45. The van der Waals surface area contributed by atoms with Crippen molar-refractivity contribution in [1.29, 1.82) is 0 Å². The van der Waals surface area contributed by atoms with Gasteiger partial charge in [-0.1, -0.05) is 13.8 Å². The molecule has 2 aliphatic rings. The third-order valence-corrected chi connectivity index (χ3v) is 6.18. The van der Waals surface area contributed by atoms with E-state index in [1.54, 1.807) is 0 Å². The molecule has 0 bridgehead atoms. The highest BCUT2D eigenvalue weighted by atomic mass is 32.2. The summed E-state index contributed by atoms with van der Waals surface area (Å²) in [6.07, 6.45) is 1.23. The highest BCUT2D eigenvalue weighted by molar-refractivity contribution is 7.91. The number of nitrogens with zero attached hydrogens (tertiary/aromatic N) is 1. The zero-order valence-electron chi connectivity index (χ0n) is 11.0. The molecule has 0 spiro atoms. The second-order valence-electron chi connectivity index (χ2n) is 6.06. The van der Waals surface area contributed by atoms with Crippen LogP contribution >= 0.6 is 0 Å². The Morgan fingerprint density at radius 3 is 2.35 bits per heavy atom. The molecular formula is C12H24N2O2S. The molecule has 0 aromatic rings. The van der Waals surface area contributed by atoms with Crippen molar-refractivity contribution in [2.75, 3.05) is 18.1 Å². The molecule has 0 saturated carbocycles. The Morgan fingerprint density at radius 1 is 1.18 bits per heavy atom. The van der Waals surface area contributed by atoms with Crippen LogP contribution in [0.1, 0.15) is 27.2 Å². The van der Waals surface area contributed by atoms with E-state index in [-0.39, 0.29) is 23.6 Å². The maximum Gasteiger partial charge on any atom is 0.153 e. The van der Waals surface area contributed by atoms with Crippen LogP contribution in [0.5, 0.6) is 0 Å². The van der Waals surface area contributed by atoms with Crippen LogP contribution in [0, 0.1) is 11.8 Å². The quantitative estimate of drug-likeness (QED) is 0.745. The van der Waals surface area contributed by atoms with Crippen LogP contribution in [0.3, 0.4) is 0 Å². The van der Waals surface area contributed by atoms with Crippen molar-refractivity contribution in [3.63, 3.8) is 0 Å². The van der Waals surface area contributed by atoms with Crippen LogP contribution in [-0.4, -0.2) is 49.5 Å². The Bertz CT molecular complexity index is 382. The van der Waals surface area contributed by atoms with Gasteiger partial charge < -0.3 is 5.73 Å². The molecule has 0 aliphatic carbocycles. The molecule has 4 nitrogen and oxygen atoms in total. The van der Waals surface area contributed by atoms with E-state index in [2.05, 4.69) is 25.7 Å². The van der Waals surface area contributed by atoms with E-state index in [4.69, 9.17) is 5.73 Å². The predicted molar refractivity (Wildman–Crippen MR) is 69.5 cm³/mol. The van der Waals surface area contributed by atoms with Crippen LogP contribution in [0.25, 0.3) is 0 Å². The molecule has 2 heterocycles. The van der Waals surface area contributed by atoms with Gasteiger partial charge >= 0.3 is 0 Å². The minimum atomic E-state index is -2.92. The lowest BCUT2D eigenvalue weighted by atomic mass is 9.84. The molecule has 2 saturated heterocycles. The van der Waals surface area contributed by atoms with Crippen molar-refractivity contribution in [3.8, 4) is 0 Å². The number of hydrogen-bond donors (Lipinski definition) is 1. The summed E-state index contributed by atoms with van der Waals surface area (Å²) >= 11 is 0. The van der Waals surface area contributed by atoms with E-state index >= 15 is 0 Å². The third kappa shape index (κ3) is 2.66. The molecule has 0 amide bonds. The average Bonchev–Trinajstić information content (AvgIpc) is 2.46. The average molecular weight is 260 g/mol. The number of likely N-dealkylation sites (tertiary alicyclic amines) is 1. The zero-order chi connectivity index (χ0) is 12.8. The Hall–Kier alpha value is -0.130. The van der Waals surface area contributed by atoms with Crippen LogP contribution in [0.4, 0.5) is 0 Å². The highest BCUT2D eigenvalue weighted by Gasteiger charge is 2.43. The maximum atomic E-state index is 11.7. The summed E-state index contributed by atoms with van der Waals surface area (Å²) in [6.45, 7) is 7.68. The number of nitrogens with two attached hydrogens (primary N) is 1. The fourth-order valence-electron chi connectivity index (χ4n) is 3.39. The SMILES string of the molecule is CC1CC(C)C(C)N(C2CS(=O)(=O)CC2N)C1. The molecule has 17 heavy (non-hydrogen) atoms. The molecule has 0 aromatic heterocycles. The minimum absolute atomic E-state index is 0.0280. The fourth-order valence-corrected chi connectivity index (χ4v) is 5.30. The second kappa shape index (κ2) is 4.52. The lowest BCUT2D eigenvalue weighted by molar-refractivity contribution is 0.0436. The molecule has 5 atom stereocenters. The molecule has 5 unspecified atom stereocenters. The molecule has 2 N–H and O–H groups in total. The summed E-state index contributed by atoms with van der Waals surface area (Å²) in [4.78, 5) is 2.34. The van der Waals surface area contributed by atoms with Crippen molar-refractivity contribution in [1.82, 2.24) is 4.90 Å². The summed E-state index contributed by atoms with van der Waals surface area (Å²) in [6, 6.07) is 0.260. The monoisotopic (exact) mass is 260 g/mol. The molecule has 5 heteroatoms. The smallest absolute Gasteiger partial charge is 0.153 e. The Balaban J connectivity index is 2.16. The summed E-state index contributed by atoms with van der Waals surface area (Å²) in [5.74, 6) is 1.66. The summed E-state index contributed by atoms with van der Waals surface area (Å²) in [5, 5.41) is 0. The summed E-state index contributed by atoms with van der Waals surface area (Å²) < 4.78 is 23.3. The van der Waals surface area contributed by atoms with E-state index in [1.165, 1.54) is 6.42 Å². The maximum absolute atomic E-state index is 11.7. The molecule has 2 rings (SSSR count). The van der Waals surface area contributed by atoms with Gasteiger partial charge in [-0.2, -0.15) is 0 Å². The minimum Gasteiger partial charge on any atom is -0.325 e. The van der Waals surface area contributed by atoms with Crippen molar-refractivity contribution in [2.24, 2.45) is 17.6 Å². The van der Waals surface area contributed by atoms with E-state index in [0.29, 0.717) is 17.9 Å². The predicted octanol–water partition coefficient (Wildman–Crippen LogP) is 0.477. The van der Waals surface area contributed by atoms with Gasteiger partial charge in [0.05, 0.1) is 11.5 Å². The van der Waals surface area contributed by atoms with Gasteiger partial charge in [0, 0.05) is 24.7 Å². The number of rotatable bonds is 1. The Morgan fingerprint density at radius 2 is 1.82 bits per heavy atom. The fraction of sp³-hybridized carbons (Fsp3) is 1.00. The summed E-state index contributed by atoms with van der Waals surface area (Å²) in [5.41, 5.74) is 6.02. The van der Waals surface area contributed by atoms with Gasteiger partial charge in [0.2, 0.25) is 0 Å². The number of hydrogen-bond acceptors (Lipinski definition) is 4. The summed E-state index contributed by atoms with van der Waals surface area (Å²) in [7, 11) is -2.92. The van der Waals surface area contributed by atoms with E-state index in [9.17, 15) is 8.42 Å². The van der Waals surface area contributed by atoms with Crippen LogP contribution < -0.4 is 5.73 Å². The van der Waals surface area contributed by atoms with E-state index < -0.39 is 9.84 Å². The zero-order valence-corrected chi connectivity index (χ0v) is 11.8. The van der Waals surface area contributed by atoms with Gasteiger partial charge in [-0.05, 0) is 25.2 Å². The van der Waals surface area contributed by atoms with Crippen molar-refractivity contribution >= 4 is 9.84 Å². The topological polar surface area (TPSA) is 63.4 Å². The Kier molecular flexibility index (Phi) is 3.54. The van der Waals surface area contributed by atoms with Gasteiger partial charge in [0.1, 0.15) is 0 Å². The second-order valence-corrected chi connectivity index (χ2v) is 8.22. The van der Waals surface area contributed by atoms with Crippen molar-refractivity contribution in [3.05, 3.63) is 0 Å². The van der Waals surface area contributed by atoms with E-state index in [0.717, 1.165) is 6.54 Å². The Labute approximate surface area is 104 Å². The van der Waals surface area contributed by atoms with Gasteiger partial charge in [-0.15, -0.1) is 0 Å². The third-order valence-electron chi connectivity index (χ3n) is 4.43. The normalized spacial score (nSPS) is 47.2. The number of piperidine rings is 1. The molecule has 0 aromatic carbocycles. The van der Waals surface area contributed by atoms with Crippen LogP contribution in [-0.2, 0) is 9.84 Å². The van der Waals surface area contributed by atoms with Gasteiger partial charge in [-0.25, -0.2) is 8.42 Å². The first-order chi connectivity index (χ1) is 7.80. The van der Waals surface area contributed by atoms with Gasteiger partial charge in [0.15, 0.2) is 9.84 Å². The number of sulfone groups is 1. The van der Waals surface area contributed by atoms with Crippen molar-refractivity contribution in [2.45, 2.75) is 45.3 Å². The molecule has 100 valence electrons. The first-order valence-corrected chi connectivity index (χ1v) is 8.34. The first kappa shape index (κ1) is 13.3. The van der Waals surface area contributed by atoms with Crippen molar-refractivity contribution < 1.29 is 8.42 Å². The van der Waals surface area contributed by atoms with Crippen LogP contribution in [0.15, 0.2) is 0 Å². The molecule has 2 fully saturated rings. The van der Waals surface area contributed by atoms with E-state index in [1.807, 2.05) is 0 Å². The first-order valence-electron chi connectivity index (χ1n) is 6.52. The van der Waals surface area contributed by atoms with Crippen LogP contribution in [0.2, 0.25) is 0 Å². The highest BCUT2D eigenvalue weighted by Crippen LogP contribution is 2.31. The molecule has 2 aliphatic heterocycles. The standard InChI is InChI=1S/C12H24N2O2S/c1-8-4-9(2)10(3)14(5-8)12-7-17(15,16)6-11(12)13/h8-12H,4-7,13H2,1-3H3. The molecule has 0 radical (unpaired) electrons. The van der Waals surface area contributed by atoms with Gasteiger partial charge in [-0.3, -0.25) is 4.90 Å². The molecular weight excluding hydrogens is 236 g/mol.